The summed E-state index contributed by atoms with van der Waals surface area (Å²) >= 11 is 7.52. The van der Waals surface area contributed by atoms with E-state index < -0.39 is 0 Å². The van der Waals surface area contributed by atoms with E-state index in [9.17, 15) is 4.79 Å². The van der Waals surface area contributed by atoms with Crippen molar-refractivity contribution in [2.24, 2.45) is 0 Å². The summed E-state index contributed by atoms with van der Waals surface area (Å²) in [6, 6.07) is 16.9. The number of benzene rings is 2. The molecule has 0 aliphatic carbocycles. The summed E-state index contributed by atoms with van der Waals surface area (Å²) in [4.78, 5) is 18.6. The first-order chi connectivity index (χ1) is 10.7. The van der Waals surface area contributed by atoms with Gasteiger partial charge in [-0.05, 0) is 12.1 Å². The summed E-state index contributed by atoms with van der Waals surface area (Å²) in [6.45, 7) is 0. The Morgan fingerprint density at radius 1 is 1.09 bits per heavy atom. The molecule has 3 nitrogen and oxygen atoms in total. The third kappa shape index (κ3) is 2.89. The lowest BCUT2D eigenvalue weighted by atomic mass is 10.2. The van der Waals surface area contributed by atoms with E-state index in [1.54, 1.807) is 31.3 Å². The number of anilines is 1. The molecule has 3 rings (SSSR count). The van der Waals surface area contributed by atoms with Gasteiger partial charge in [-0.15, -0.1) is 11.3 Å². The monoisotopic (exact) mass is 328 g/mol. The summed E-state index contributed by atoms with van der Waals surface area (Å²) in [6.07, 6.45) is 0. The van der Waals surface area contributed by atoms with Gasteiger partial charge < -0.3 is 0 Å². The summed E-state index contributed by atoms with van der Waals surface area (Å²) < 4.78 is 0. The molecule has 2 aromatic carbocycles. The van der Waals surface area contributed by atoms with Crippen LogP contribution < -0.4 is 4.90 Å². The lowest BCUT2D eigenvalue weighted by molar-refractivity contribution is 0.0993. The molecule has 0 saturated carbocycles. The predicted octanol–water partition coefficient (Wildman–Crippen LogP) is 4.74. The number of thiazole rings is 1. The Bertz CT molecular complexity index is 801. The number of aromatic nitrogens is 1. The van der Waals surface area contributed by atoms with Gasteiger partial charge in [-0.2, -0.15) is 0 Å². The van der Waals surface area contributed by atoms with Crippen molar-refractivity contribution in [1.82, 2.24) is 4.98 Å². The zero-order chi connectivity index (χ0) is 15.5. The van der Waals surface area contributed by atoms with Crippen molar-refractivity contribution in [3.63, 3.8) is 0 Å². The average Bonchev–Trinajstić information content (AvgIpc) is 3.05. The number of hydrogen-bond donors (Lipinski definition) is 0. The zero-order valence-corrected chi connectivity index (χ0v) is 13.4. The largest absolute Gasteiger partial charge is 0.287 e. The topological polar surface area (TPSA) is 33.2 Å². The van der Waals surface area contributed by atoms with Gasteiger partial charge in [0.2, 0.25) is 0 Å². The molecule has 0 bridgehead atoms. The van der Waals surface area contributed by atoms with Crippen molar-refractivity contribution in [2.75, 3.05) is 11.9 Å². The summed E-state index contributed by atoms with van der Waals surface area (Å²) in [7, 11) is 1.71. The first-order valence-electron chi connectivity index (χ1n) is 6.70. The Balaban J connectivity index is 1.87. The van der Waals surface area contributed by atoms with Gasteiger partial charge in [0.25, 0.3) is 5.91 Å². The zero-order valence-electron chi connectivity index (χ0n) is 11.9. The quantitative estimate of drug-likeness (QED) is 0.695. The van der Waals surface area contributed by atoms with Crippen LogP contribution in [0.15, 0.2) is 60.0 Å². The van der Waals surface area contributed by atoms with E-state index in [1.165, 1.54) is 16.2 Å². The second kappa shape index (κ2) is 6.30. The Morgan fingerprint density at radius 3 is 2.50 bits per heavy atom. The van der Waals surface area contributed by atoms with Gasteiger partial charge in [0.1, 0.15) is 0 Å². The molecule has 0 saturated heterocycles. The molecule has 1 aromatic heterocycles. The minimum atomic E-state index is -0.167. The van der Waals surface area contributed by atoms with Gasteiger partial charge in [0, 0.05) is 18.0 Å². The van der Waals surface area contributed by atoms with E-state index in [2.05, 4.69) is 4.98 Å². The van der Waals surface area contributed by atoms with Crippen LogP contribution in [-0.4, -0.2) is 17.9 Å². The van der Waals surface area contributed by atoms with E-state index in [0.717, 1.165) is 11.3 Å². The third-order valence-corrected chi connectivity index (χ3v) is 4.50. The van der Waals surface area contributed by atoms with Crippen molar-refractivity contribution in [3.8, 4) is 11.3 Å². The van der Waals surface area contributed by atoms with Crippen LogP contribution >= 0.6 is 22.9 Å². The molecule has 1 heterocycles. The molecule has 0 spiro atoms. The molecule has 0 radical (unpaired) electrons. The third-order valence-electron chi connectivity index (χ3n) is 3.26. The first kappa shape index (κ1) is 14.8. The fourth-order valence-electron chi connectivity index (χ4n) is 2.06. The van der Waals surface area contributed by atoms with Crippen LogP contribution in [0.2, 0.25) is 5.02 Å². The highest BCUT2D eigenvalue weighted by atomic mass is 35.5. The van der Waals surface area contributed by atoms with Gasteiger partial charge >= 0.3 is 0 Å². The molecule has 0 atom stereocenters. The number of amides is 1. The van der Waals surface area contributed by atoms with E-state index in [-0.39, 0.29) is 5.91 Å². The number of halogens is 1. The standard InChI is InChI=1S/C17H13ClN2OS/c1-20(16(21)13-9-5-6-10-14(13)18)17-19-15(11-22-17)12-7-3-2-4-8-12/h2-11H,1H3. The second-order valence-electron chi connectivity index (χ2n) is 4.73. The van der Waals surface area contributed by atoms with Crippen LogP contribution in [0.3, 0.4) is 0 Å². The fourth-order valence-corrected chi connectivity index (χ4v) is 3.08. The molecular weight excluding hydrogens is 316 g/mol. The van der Waals surface area contributed by atoms with Crippen LogP contribution in [0.4, 0.5) is 5.13 Å². The van der Waals surface area contributed by atoms with Crippen molar-refractivity contribution in [2.45, 2.75) is 0 Å². The molecule has 0 N–H and O–H groups in total. The van der Waals surface area contributed by atoms with Gasteiger partial charge in [0.15, 0.2) is 5.13 Å². The summed E-state index contributed by atoms with van der Waals surface area (Å²) in [5.74, 6) is -0.167. The van der Waals surface area contributed by atoms with Gasteiger partial charge in [-0.1, -0.05) is 54.1 Å². The maximum absolute atomic E-state index is 12.5. The van der Waals surface area contributed by atoms with E-state index in [0.29, 0.717) is 15.7 Å². The maximum atomic E-state index is 12.5. The number of carbonyl (C=O) groups excluding carboxylic acids is 1. The maximum Gasteiger partial charge on any atom is 0.261 e. The predicted molar refractivity (Wildman–Crippen MR) is 91.7 cm³/mol. The molecule has 0 aliphatic heterocycles. The van der Waals surface area contributed by atoms with Gasteiger partial charge in [-0.25, -0.2) is 4.98 Å². The van der Waals surface area contributed by atoms with Crippen LogP contribution in [-0.2, 0) is 0 Å². The summed E-state index contributed by atoms with van der Waals surface area (Å²) in [5, 5.41) is 3.03. The van der Waals surface area contributed by atoms with Crippen LogP contribution in [0.25, 0.3) is 11.3 Å². The Hall–Kier alpha value is -2.17. The minimum absolute atomic E-state index is 0.167. The van der Waals surface area contributed by atoms with Crippen molar-refractivity contribution >= 4 is 34.0 Å². The van der Waals surface area contributed by atoms with Gasteiger partial charge in [-0.3, -0.25) is 9.69 Å². The van der Waals surface area contributed by atoms with E-state index >= 15 is 0 Å². The summed E-state index contributed by atoms with van der Waals surface area (Å²) in [5.41, 5.74) is 2.37. The number of rotatable bonds is 3. The Morgan fingerprint density at radius 2 is 1.77 bits per heavy atom. The minimum Gasteiger partial charge on any atom is -0.287 e. The SMILES string of the molecule is CN(C(=O)c1ccccc1Cl)c1nc(-c2ccccc2)cs1. The first-order valence-corrected chi connectivity index (χ1v) is 7.96. The molecule has 5 heteroatoms. The normalized spacial score (nSPS) is 10.5. The van der Waals surface area contributed by atoms with Crippen molar-refractivity contribution in [3.05, 3.63) is 70.6 Å². The van der Waals surface area contributed by atoms with Gasteiger partial charge in [0.05, 0.1) is 16.3 Å². The van der Waals surface area contributed by atoms with Crippen molar-refractivity contribution in [1.29, 1.82) is 0 Å². The van der Waals surface area contributed by atoms with Crippen LogP contribution in [0, 0.1) is 0 Å². The van der Waals surface area contributed by atoms with Crippen LogP contribution in [0.5, 0.6) is 0 Å². The van der Waals surface area contributed by atoms with E-state index in [1.807, 2.05) is 35.7 Å². The highest BCUT2D eigenvalue weighted by Crippen LogP contribution is 2.28. The molecular formula is C17H13ClN2OS. The molecule has 0 fully saturated rings. The molecule has 1 amide bonds. The number of carbonyl (C=O) groups is 1. The van der Waals surface area contributed by atoms with Crippen LogP contribution in [0.1, 0.15) is 10.4 Å². The lowest BCUT2D eigenvalue weighted by Crippen LogP contribution is -2.26. The molecule has 3 aromatic rings. The smallest absolute Gasteiger partial charge is 0.261 e. The Kier molecular flexibility index (Phi) is 4.22. The van der Waals surface area contributed by atoms with Crippen molar-refractivity contribution < 1.29 is 4.79 Å². The van der Waals surface area contributed by atoms with E-state index in [4.69, 9.17) is 11.6 Å². The second-order valence-corrected chi connectivity index (χ2v) is 5.97. The fraction of sp³-hybridized carbons (Fsp3) is 0.0588. The Labute approximate surface area is 137 Å². The molecule has 22 heavy (non-hydrogen) atoms. The average molecular weight is 329 g/mol. The molecule has 110 valence electrons. The lowest BCUT2D eigenvalue weighted by Gasteiger charge is -2.14. The number of hydrogen-bond acceptors (Lipinski definition) is 3. The highest BCUT2D eigenvalue weighted by Gasteiger charge is 2.18. The molecule has 0 unspecified atom stereocenters. The molecule has 0 aliphatic rings. The highest BCUT2D eigenvalue weighted by molar-refractivity contribution is 7.14. The number of nitrogens with zero attached hydrogens (tertiary/aromatic N) is 2.